The Hall–Kier alpha value is -2.09. The molecule has 1 unspecified atom stereocenters. The number of H-pyrrole nitrogens is 1. The van der Waals surface area contributed by atoms with E-state index in [-0.39, 0.29) is 18.5 Å². The molecule has 1 fully saturated rings. The average molecular weight is 400 g/mol. The van der Waals surface area contributed by atoms with Crippen LogP contribution in [0.25, 0.3) is 0 Å². The summed E-state index contributed by atoms with van der Waals surface area (Å²) in [5.41, 5.74) is 9.21. The fraction of sp³-hybridized carbons (Fsp3) is 0.688. The van der Waals surface area contributed by atoms with E-state index in [0.29, 0.717) is 32.7 Å². The average Bonchev–Trinajstić information content (AvgIpc) is 3.02. The zero-order valence-corrected chi connectivity index (χ0v) is 15.5. The number of nitrogens with one attached hydrogen (secondary N) is 2. The normalized spacial score (nSPS) is 22.0. The van der Waals surface area contributed by atoms with Crippen LogP contribution >= 0.6 is 0 Å². The van der Waals surface area contributed by atoms with Crippen molar-refractivity contribution in [3.8, 4) is 0 Å². The molecule has 0 radical (unpaired) electrons. The Labute approximate surface area is 161 Å². The smallest absolute Gasteiger partial charge is 0.330 e. The van der Waals surface area contributed by atoms with E-state index in [1.807, 2.05) is 4.90 Å². The predicted octanol–water partition coefficient (Wildman–Crippen LogP) is -3.87. The molecular formula is C16H28N6O6. The maximum Gasteiger partial charge on any atom is 0.330 e. The number of aromatic nitrogens is 2. The minimum absolute atomic E-state index is 0.0470. The van der Waals surface area contributed by atoms with Crippen LogP contribution in [-0.2, 0) is 4.74 Å². The van der Waals surface area contributed by atoms with E-state index in [1.54, 1.807) is 0 Å². The number of hydrogen-bond donors (Lipinski definition) is 6. The quantitative estimate of drug-likeness (QED) is 0.228. The van der Waals surface area contributed by atoms with Crippen LogP contribution in [0.1, 0.15) is 23.0 Å². The Morgan fingerprint density at radius 3 is 2.57 bits per heavy atom. The molecule has 3 atom stereocenters. The second-order valence-corrected chi connectivity index (χ2v) is 6.50. The highest BCUT2D eigenvalue weighted by Gasteiger charge is 2.35. The molecule has 8 N–H and O–H groups in total. The van der Waals surface area contributed by atoms with Gasteiger partial charge in [0.25, 0.3) is 11.5 Å². The summed E-state index contributed by atoms with van der Waals surface area (Å²) in [5, 5.41) is 21.6. The summed E-state index contributed by atoms with van der Waals surface area (Å²) in [6.45, 7) is 2.54. The van der Waals surface area contributed by atoms with Gasteiger partial charge in [-0.05, 0) is 0 Å². The highest BCUT2D eigenvalue weighted by Crippen LogP contribution is 2.27. The molecular weight excluding hydrogens is 372 g/mol. The van der Waals surface area contributed by atoms with E-state index >= 15 is 0 Å². The molecule has 158 valence electrons. The number of nitrogens with zero attached hydrogens (tertiary/aromatic N) is 2. The van der Waals surface area contributed by atoms with Crippen molar-refractivity contribution in [2.75, 3.05) is 45.9 Å². The van der Waals surface area contributed by atoms with Crippen molar-refractivity contribution in [1.29, 1.82) is 0 Å². The Morgan fingerprint density at radius 2 is 2.00 bits per heavy atom. The molecule has 0 aliphatic carbocycles. The Kier molecular flexibility index (Phi) is 8.29. The van der Waals surface area contributed by atoms with Crippen molar-refractivity contribution in [3.05, 3.63) is 32.6 Å². The Morgan fingerprint density at radius 1 is 1.32 bits per heavy atom. The van der Waals surface area contributed by atoms with Crippen molar-refractivity contribution in [2.24, 2.45) is 11.5 Å². The van der Waals surface area contributed by atoms with Crippen LogP contribution < -0.4 is 28.0 Å². The fourth-order valence-corrected chi connectivity index (χ4v) is 3.03. The number of ether oxygens (including phenoxy) is 1. The predicted molar refractivity (Wildman–Crippen MR) is 99.8 cm³/mol. The Bertz CT molecular complexity index is 759. The lowest BCUT2D eigenvalue weighted by molar-refractivity contribution is -0.0459. The molecule has 1 saturated heterocycles. The van der Waals surface area contributed by atoms with Crippen molar-refractivity contribution in [2.45, 2.75) is 24.9 Å². The van der Waals surface area contributed by atoms with Gasteiger partial charge in [-0.25, -0.2) is 4.79 Å². The third-order valence-corrected chi connectivity index (χ3v) is 4.51. The van der Waals surface area contributed by atoms with Gasteiger partial charge in [-0.1, -0.05) is 0 Å². The number of rotatable bonds is 10. The topological polar surface area (TPSA) is 189 Å². The van der Waals surface area contributed by atoms with Crippen LogP contribution in [0.15, 0.2) is 15.8 Å². The number of carbonyl (C=O) groups excluding carboxylic acids is 1. The molecule has 0 saturated carbocycles. The summed E-state index contributed by atoms with van der Waals surface area (Å²) in [6, 6.07) is 0. The zero-order valence-electron chi connectivity index (χ0n) is 15.5. The van der Waals surface area contributed by atoms with E-state index in [9.17, 15) is 19.5 Å². The fourth-order valence-electron chi connectivity index (χ4n) is 3.03. The minimum Gasteiger partial charge on any atom is -0.394 e. The number of carbonyl (C=O) groups is 1. The first-order valence-corrected chi connectivity index (χ1v) is 9.11. The van der Waals surface area contributed by atoms with Gasteiger partial charge in [0.1, 0.15) is 17.9 Å². The van der Waals surface area contributed by atoms with Gasteiger partial charge in [0.2, 0.25) is 0 Å². The minimum atomic E-state index is -0.956. The van der Waals surface area contributed by atoms with E-state index in [1.165, 1.54) is 0 Å². The van der Waals surface area contributed by atoms with Crippen LogP contribution in [-0.4, -0.2) is 88.7 Å². The maximum absolute atomic E-state index is 12.4. The van der Waals surface area contributed by atoms with E-state index in [0.717, 1.165) is 10.8 Å². The molecule has 1 aromatic heterocycles. The van der Waals surface area contributed by atoms with Gasteiger partial charge < -0.3 is 31.7 Å². The summed E-state index contributed by atoms with van der Waals surface area (Å²) in [4.78, 5) is 40.5. The van der Waals surface area contributed by atoms with E-state index in [4.69, 9.17) is 21.3 Å². The number of aromatic amines is 1. The molecule has 28 heavy (non-hydrogen) atoms. The van der Waals surface area contributed by atoms with E-state index in [2.05, 4.69) is 10.3 Å². The molecule has 2 rings (SSSR count). The number of aliphatic hydroxyl groups is 2. The first-order chi connectivity index (χ1) is 13.4. The molecule has 2 heterocycles. The van der Waals surface area contributed by atoms with Gasteiger partial charge in [0.05, 0.1) is 12.7 Å². The number of amides is 1. The van der Waals surface area contributed by atoms with Crippen LogP contribution in [0.4, 0.5) is 0 Å². The highest BCUT2D eigenvalue weighted by molar-refractivity contribution is 5.93. The third kappa shape index (κ3) is 5.47. The van der Waals surface area contributed by atoms with E-state index < -0.39 is 42.2 Å². The Balaban J connectivity index is 2.08. The van der Waals surface area contributed by atoms with Gasteiger partial charge in [0.15, 0.2) is 0 Å². The largest absolute Gasteiger partial charge is 0.394 e. The van der Waals surface area contributed by atoms with Crippen LogP contribution in [0.5, 0.6) is 0 Å². The zero-order chi connectivity index (χ0) is 20.7. The molecule has 12 heteroatoms. The van der Waals surface area contributed by atoms with Crippen molar-refractivity contribution < 1.29 is 19.7 Å². The lowest BCUT2D eigenvalue weighted by Crippen LogP contribution is -2.42. The summed E-state index contributed by atoms with van der Waals surface area (Å²) >= 11 is 0. The molecule has 1 aliphatic heterocycles. The van der Waals surface area contributed by atoms with Crippen LogP contribution in [0, 0.1) is 0 Å². The molecule has 12 nitrogen and oxygen atoms in total. The lowest BCUT2D eigenvalue weighted by Gasteiger charge is -2.20. The van der Waals surface area contributed by atoms with Gasteiger partial charge in [0, 0.05) is 51.9 Å². The van der Waals surface area contributed by atoms with Gasteiger partial charge >= 0.3 is 5.69 Å². The van der Waals surface area contributed by atoms with Gasteiger partial charge in [-0.15, -0.1) is 0 Å². The van der Waals surface area contributed by atoms with Crippen molar-refractivity contribution >= 4 is 5.91 Å². The second-order valence-electron chi connectivity index (χ2n) is 6.50. The molecule has 0 aromatic carbocycles. The molecule has 0 spiro atoms. The second kappa shape index (κ2) is 10.5. The summed E-state index contributed by atoms with van der Waals surface area (Å²) in [6.07, 6.45) is -1.54. The molecule has 1 amide bonds. The summed E-state index contributed by atoms with van der Waals surface area (Å²) < 4.78 is 6.44. The van der Waals surface area contributed by atoms with Crippen LogP contribution in [0.3, 0.4) is 0 Å². The lowest BCUT2D eigenvalue weighted by atomic mass is 10.2. The van der Waals surface area contributed by atoms with Crippen LogP contribution in [0.2, 0.25) is 0 Å². The third-order valence-electron chi connectivity index (χ3n) is 4.51. The molecule has 1 aliphatic rings. The standard InChI is InChI=1S/C16H28N6O6/c17-1-4-21(5-2-18)6-3-19-14(25)10-8-22(16(27)20-15(10)26)13-7-11(24)12(9-23)28-13/h8,11-13,23-24H,1-7,9,17-18H2,(H,19,25)(H,20,26,27)/t11?,12-,13-/m0/s1. The molecule has 1 aromatic rings. The summed E-state index contributed by atoms with van der Waals surface area (Å²) in [5.74, 6) is -0.646. The number of aliphatic hydroxyl groups excluding tert-OH is 2. The monoisotopic (exact) mass is 400 g/mol. The maximum atomic E-state index is 12.4. The van der Waals surface area contributed by atoms with Gasteiger partial charge in [-0.2, -0.15) is 0 Å². The number of hydrogen-bond acceptors (Lipinski definition) is 9. The summed E-state index contributed by atoms with van der Waals surface area (Å²) in [7, 11) is 0. The first kappa shape index (κ1) is 22.2. The van der Waals surface area contributed by atoms with Crippen molar-refractivity contribution in [1.82, 2.24) is 19.8 Å². The van der Waals surface area contributed by atoms with Gasteiger partial charge in [-0.3, -0.25) is 24.0 Å². The first-order valence-electron chi connectivity index (χ1n) is 9.11. The SMILES string of the molecule is NCCN(CCN)CCNC(=O)c1cn([C@@H]2CC(O)[C@H](CO)O2)c(=O)[nH]c1=O. The number of nitrogens with two attached hydrogens (primary N) is 2. The highest BCUT2D eigenvalue weighted by atomic mass is 16.5. The van der Waals surface area contributed by atoms with Crippen molar-refractivity contribution in [3.63, 3.8) is 0 Å². The molecule has 0 bridgehead atoms.